The Labute approximate surface area is 90.7 Å². The number of thioether (sulfide) groups is 1. The number of rotatable bonds is 2. The Balaban J connectivity index is 2.96. The number of allylic oxidation sites excluding steroid dienone is 1. The monoisotopic (exact) mass is 213 g/mol. The molecule has 1 atom stereocenters. The van der Waals surface area contributed by atoms with Crippen molar-refractivity contribution in [1.29, 1.82) is 0 Å². The van der Waals surface area contributed by atoms with E-state index >= 15 is 0 Å². The van der Waals surface area contributed by atoms with E-state index < -0.39 is 0 Å². The molecule has 1 fully saturated rings. The molecule has 0 radical (unpaired) electrons. The van der Waals surface area contributed by atoms with Crippen LogP contribution in [0.2, 0.25) is 0 Å². The first-order chi connectivity index (χ1) is 6.49. The first-order valence-electron chi connectivity index (χ1n) is 5.14. The molecule has 80 valence electrons. The lowest BCUT2D eigenvalue weighted by atomic mass is 10.2. The summed E-state index contributed by atoms with van der Waals surface area (Å²) < 4.78 is 0. The van der Waals surface area contributed by atoms with Gasteiger partial charge in [0.15, 0.2) is 0 Å². The molecular formula is C11H19NOS. The van der Waals surface area contributed by atoms with Crippen molar-refractivity contribution in [3.63, 3.8) is 0 Å². The van der Waals surface area contributed by atoms with Crippen LogP contribution in [-0.4, -0.2) is 22.7 Å². The number of nitrogens with zero attached hydrogens (tertiary/aromatic N) is 1. The smallest absolute Gasteiger partial charge is 0.261 e. The van der Waals surface area contributed by atoms with Gasteiger partial charge in [-0.25, -0.2) is 0 Å². The summed E-state index contributed by atoms with van der Waals surface area (Å²) in [5, 5.41) is 0.331. The molecule has 1 aliphatic heterocycles. The Kier molecular flexibility index (Phi) is 3.65. The van der Waals surface area contributed by atoms with Crippen molar-refractivity contribution in [2.24, 2.45) is 5.92 Å². The van der Waals surface area contributed by atoms with E-state index in [1.807, 2.05) is 25.7 Å². The molecule has 1 aliphatic rings. The molecule has 3 heteroatoms. The molecule has 0 saturated carbocycles. The van der Waals surface area contributed by atoms with Crippen LogP contribution in [0.15, 0.2) is 10.5 Å². The van der Waals surface area contributed by atoms with E-state index in [9.17, 15) is 4.79 Å². The fraction of sp³-hybridized carbons (Fsp3) is 0.727. The van der Waals surface area contributed by atoms with E-state index in [1.165, 1.54) is 0 Å². The molecule has 1 amide bonds. The van der Waals surface area contributed by atoms with Gasteiger partial charge in [-0.2, -0.15) is 0 Å². The third-order valence-electron chi connectivity index (χ3n) is 2.37. The summed E-state index contributed by atoms with van der Waals surface area (Å²) in [5.74, 6) is 0.733. The second-order valence-corrected chi connectivity index (χ2v) is 5.30. The molecule has 2 nitrogen and oxygen atoms in total. The van der Waals surface area contributed by atoms with Gasteiger partial charge >= 0.3 is 0 Å². The highest BCUT2D eigenvalue weighted by atomic mass is 32.2. The average Bonchev–Trinajstić information content (AvgIpc) is 2.42. The van der Waals surface area contributed by atoms with E-state index in [1.54, 1.807) is 11.8 Å². The van der Waals surface area contributed by atoms with Gasteiger partial charge in [-0.1, -0.05) is 31.2 Å². The largest absolute Gasteiger partial charge is 0.326 e. The maximum absolute atomic E-state index is 11.9. The second-order valence-electron chi connectivity index (χ2n) is 4.17. The zero-order valence-corrected chi connectivity index (χ0v) is 10.4. The Morgan fingerprint density at radius 2 is 2.07 bits per heavy atom. The lowest BCUT2D eigenvalue weighted by Gasteiger charge is -2.24. The summed E-state index contributed by atoms with van der Waals surface area (Å²) in [6, 6.07) is 0. The molecule has 0 N–H and O–H groups in total. The van der Waals surface area contributed by atoms with E-state index in [0.29, 0.717) is 11.3 Å². The summed E-state index contributed by atoms with van der Waals surface area (Å²) in [7, 11) is 0. The van der Waals surface area contributed by atoms with E-state index in [4.69, 9.17) is 0 Å². The van der Waals surface area contributed by atoms with Crippen LogP contribution < -0.4 is 0 Å². The number of carbonyl (C=O) groups excluding carboxylic acids is 1. The van der Waals surface area contributed by atoms with Crippen molar-refractivity contribution in [2.75, 3.05) is 6.54 Å². The third kappa shape index (κ3) is 1.97. The number of likely N-dealkylation sites (N-methyl/N-ethyl adjacent to an activating group) is 1. The van der Waals surface area contributed by atoms with Crippen molar-refractivity contribution < 1.29 is 4.79 Å². The molecule has 1 saturated heterocycles. The first kappa shape index (κ1) is 11.6. The van der Waals surface area contributed by atoms with Gasteiger partial charge in [0.05, 0.1) is 10.3 Å². The molecule has 0 bridgehead atoms. The van der Waals surface area contributed by atoms with E-state index in [2.05, 4.69) is 13.8 Å². The minimum Gasteiger partial charge on any atom is -0.326 e. The lowest BCUT2D eigenvalue weighted by Crippen LogP contribution is -2.35. The van der Waals surface area contributed by atoms with Crippen LogP contribution in [0.25, 0.3) is 0 Å². The predicted octanol–water partition coefficient (Wildman–Crippen LogP) is 2.86. The van der Waals surface area contributed by atoms with Crippen molar-refractivity contribution in [3.8, 4) is 0 Å². The number of hydrogen-bond donors (Lipinski definition) is 0. The minimum atomic E-state index is 0.219. The molecule has 1 heterocycles. The topological polar surface area (TPSA) is 20.3 Å². The fourth-order valence-corrected chi connectivity index (χ4v) is 2.97. The van der Waals surface area contributed by atoms with Gasteiger partial charge in [-0.15, -0.1) is 0 Å². The van der Waals surface area contributed by atoms with Crippen LogP contribution in [0.1, 0.15) is 34.6 Å². The molecule has 14 heavy (non-hydrogen) atoms. The van der Waals surface area contributed by atoms with Gasteiger partial charge in [0.25, 0.3) is 5.91 Å². The van der Waals surface area contributed by atoms with Crippen LogP contribution in [0.4, 0.5) is 0 Å². The minimum absolute atomic E-state index is 0.219. The average molecular weight is 213 g/mol. The Bertz CT molecular complexity index is 266. The van der Waals surface area contributed by atoms with Crippen molar-refractivity contribution in [1.82, 2.24) is 4.90 Å². The van der Waals surface area contributed by atoms with E-state index in [0.717, 1.165) is 17.0 Å². The molecule has 0 aromatic heterocycles. The summed E-state index contributed by atoms with van der Waals surface area (Å²) in [5.41, 5.74) is 1.14. The highest BCUT2D eigenvalue weighted by Crippen LogP contribution is 2.39. The second kappa shape index (κ2) is 4.39. The lowest BCUT2D eigenvalue weighted by molar-refractivity contribution is -0.126. The van der Waals surface area contributed by atoms with Gasteiger partial charge < -0.3 is 4.90 Å². The molecule has 0 aromatic rings. The zero-order chi connectivity index (χ0) is 10.9. The van der Waals surface area contributed by atoms with Crippen LogP contribution >= 0.6 is 11.8 Å². The predicted molar refractivity (Wildman–Crippen MR) is 62.0 cm³/mol. The first-order valence-corrected chi connectivity index (χ1v) is 6.02. The third-order valence-corrected chi connectivity index (χ3v) is 4.22. The van der Waals surface area contributed by atoms with Crippen molar-refractivity contribution in [3.05, 3.63) is 10.5 Å². The molecule has 0 spiro atoms. The summed E-state index contributed by atoms with van der Waals surface area (Å²) in [6.45, 7) is 11.2. The molecule has 0 aromatic carbocycles. The number of hydrogen-bond acceptors (Lipinski definition) is 2. The Morgan fingerprint density at radius 3 is 2.36 bits per heavy atom. The van der Waals surface area contributed by atoms with Crippen molar-refractivity contribution >= 4 is 17.7 Å². The molecule has 1 rings (SSSR count). The summed E-state index contributed by atoms with van der Waals surface area (Å²) in [6.07, 6.45) is 0. The summed E-state index contributed by atoms with van der Waals surface area (Å²) in [4.78, 5) is 14.9. The highest BCUT2D eigenvalue weighted by Gasteiger charge is 2.36. The highest BCUT2D eigenvalue weighted by molar-refractivity contribution is 8.05. The van der Waals surface area contributed by atoms with Gasteiger partial charge in [0.2, 0.25) is 0 Å². The van der Waals surface area contributed by atoms with Crippen LogP contribution in [-0.2, 0) is 4.79 Å². The Hall–Kier alpha value is -0.440. The van der Waals surface area contributed by atoms with Gasteiger partial charge in [0.1, 0.15) is 0 Å². The van der Waals surface area contributed by atoms with Crippen LogP contribution in [0.3, 0.4) is 0 Å². The van der Waals surface area contributed by atoms with Crippen LogP contribution in [0, 0.1) is 5.92 Å². The Morgan fingerprint density at radius 1 is 1.50 bits per heavy atom. The maximum Gasteiger partial charge on any atom is 0.261 e. The fourth-order valence-electron chi connectivity index (χ4n) is 1.63. The molecule has 0 aliphatic carbocycles. The number of amides is 1. The zero-order valence-electron chi connectivity index (χ0n) is 9.63. The normalized spacial score (nSPS) is 22.4. The summed E-state index contributed by atoms with van der Waals surface area (Å²) >= 11 is 1.72. The molecular weight excluding hydrogens is 194 g/mol. The van der Waals surface area contributed by atoms with Gasteiger partial charge in [-0.3, -0.25) is 4.79 Å². The van der Waals surface area contributed by atoms with Crippen molar-refractivity contribution in [2.45, 2.75) is 40.0 Å². The van der Waals surface area contributed by atoms with Gasteiger partial charge in [0, 0.05) is 6.54 Å². The van der Waals surface area contributed by atoms with Crippen LogP contribution in [0.5, 0.6) is 0 Å². The quantitative estimate of drug-likeness (QED) is 0.657. The maximum atomic E-state index is 11.9. The van der Waals surface area contributed by atoms with E-state index in [-0.39, 0.29) is 5.91 Å². The SMILES string of the molecule is CCN1C(=O)C(=C(C)C)SC1C(C)C. The van der Waals surface area contributed by atoms with Gasteiger partial charge in [-0.05, 0) is 26.7 Å². The number of carbonyl (C=O) groups is 1. The molecule has 1 unspecified atom stereocenters. The standard InChI is InChI=1S/C11H19NOS/c1-6-12-10(13)9(7(2)3)14-11(12)8(4)5/h8,11H,6H2,1-5H3.